The molecule has 1 aliphatic heterocycles. The van der Waals surface area contributed by atoms with Gasteiger partial charge in [0.25, 0.3) is 5.91 Å². The summed E-state index contributed by atoms with van der Waals surface area (Å²) in [6, 6.07) is 9.59. The number of amides is 1. The largest absolute Gasteiger partial charge is 0.424 e. The number of ether oxygens (including phenoxy) is 1. The maximum Gasteiger partial charge on any atom is 0.321 e. The molecule has 1 aromatic heterocycles. The first-order valence-corrected chi connectivity index (χ1v) is 8.14. The first-order valence-electron chi connectivity index (χ1n) is 8.14. The zero-order valence-electron chi connectivity index (χ0n) is 13.3. The molecule has 1 atom stereocenters. The Labute approximate surface area is 136 Å². The van der Waals surface area contributed by atoms with Crippen LogP contribution < -0.4 is 4.74 Å². The predicted molar refractivity (Wildman–Crippen MR) is 87.5 cm³/mol. The van der Waals surface area contributed by atoms with Crippen LogP contribution in [0.4, 0.5) is 0 Å². The molecule has 1 saturated heterocycles. The Morgan fingerprint density at radius 3 is 2.87 bits per heavy atom. The Hall–Kier alpha value is -2.43. The number of likely N-dealkylation sites (tertiary alicyclic amines) is 1. The van der Waals surface area contributed by atoms with Crippen molar-refractivity contribution in [2.45, 2.75) is 38.6 Å². The van der Waals surface area contributed by atoms with Gasteiger partial charge in [-0.2, -0.15) is 0 Å². The molecule has 2 heterocycles. The second-order valence-corrected chi connectivity index (χ2v) is 5.72. The lowest BCUT2D eigenvalue weighted by atomic mass is 9.99. The molecule has 0 aliphatic carbocycles. The van der Waals surface area contributed by atoms with E-state index < -0.39 is 0 Å². The third-order valence-electron chi connectivity index (χ3n) is 4.19. The van der Waals surface area contributed by atoms with Gasteiger partial charge >= 0.3 is 6.01 Å². The van der Waals surface area contributed by atoms with Gasteiger partial charge < -0.3 is 9.64 Å². The Bertz CT molecular complexity index is 660. The molecule has 1 fully saturated rings. The molecule has 0 N–H and O–H groups in total. The van der Waals surface area contributed by atoms with E-state index in [2.05, 4.69) is 16.9 Å². The SMILES string of the molecule is CC[C@H]1CCCCN1C(=O)c1cccc(Oc2ncccn2)c1. The Morgan fingerprint density at radius 2 is 2.09 bits per heavy atom. The van der Waals surface area contributed by atoms with Crippen molar-refractivity contribution in [3.8, 4) is 11.8 Å². The fourth-order valence-corrected chi connectivity index (χ4v) is 2.99. The van der Waals surface area contributed by atoms with Gasteiger partial charge in [0.2, 0.25) is 0 Å². The summed E-state index contributed by atoms with van der Waals surface area (Å²) in [5.74, 6) is 0.656. The number of hydrogen-bond acceptors (Lipinski definition) is 4. The number of rotatable bonds is 4. The first kappa shape index (κ1) is 15.5. The molecule has 2 aromatic rings. The van der Waals surface area contributed by atoms with Crippen LogP contribution in [-0.2, 0) is 0 Å². The van der Waals surface area contributed by atoms with Crippen molar-refractivity contribution < 1.29 is 9.53 Å². The smallest absolute Gasteiger partial charge is 0.321 e. The Balaban J connectivity index is 1.77. The summed E-state index contributed by atoms with van der Waals surface area (Å²) in [6.07, 6.45) is 7.62. The van der Waals surface area contributed by atoms with E-state index in [1.165, 1.54) is 6.42 Å². The quantitative estimate of drug-likeness (QED) is 0.864. The average Bonchev–Trinajstić information content (AvgIpc) is 2.62. The Kier molecular flexibility index (Phi) is 4.86. The molecule has 120 valence electrons. The molecule has 0 unspecified atom stereocenters. The van der Waals surface area contributed by atoms with E-state index in [1.807, 2.05) is 17.0 Å². The van der Waals surface area contributed by atoms with Crippen LogP contribution in [-0.4, -0.2) is 33.4 Å². The highest BCUT2D eigenvalue weighted by Crippen LogP contribution is 2.24. The molecule has 1 aromatic carbocycles. The lowest BCUT2D eigenvalue weighted by Crippen LogP contribution is -2.43. The first-order chi connectivity index (χ1) is 11.3. The number of aromatic nitrogens is 2. The third-order valence-corrected chi connectivity index (χ3v) is 4.19. The van der Waals surface area contributed by atoms with E-state index in [1.54, 1.807) is 30.6 Å². The van der Waals surface area contributed by atoms with Gasteiger partial charge in [-0.25, -0.2) is 9.97 Å². The molecule has 0 spiro atoms. The average molecular weight is 311 g/mol. The molecule has 1 aliphatic rings. The van der Waals surface area contributed by atoms with Crippen LogP contribution in [0.1, 0.15) is 43.0 Å². The molecule has 23 heavy (non-hydrogen) atoms. The summed E-state index contributed by atoms with van der Waals surface area (Å²) < 4.78 is 5.62. The van der Waals surface area contributed by atoms with Crippen LogP contribution in [0.2, 0.25) is 0 Å². The highest BCUT2D eigenvalue weighted by molar-refractivity contribution is 5.94. The maximum atomic E-state index is 12.8. The molecule has 5 nitrogen and oxygen atoms in total. The highest BCUT2D eigenvalue weighted by atomic mass is 16.5. The molecule has 0 radical (unpaired) electrons. The van der Waals surface area contributed by atoms with Gasteiger partial charge in [-0.15, -0.1) is 0 Å². The molecular weight excluding hydrogens is 290 g/mol. The lowest BCUT2D eigenvalue weighted by Gasteiger charge is -2.35. The van der Waals surface area contributed by atoms with E-state index in [0.717, 1.165) is 25.8 Å². The molecular formula is C18H21N3O2. The topological polar surface area (TPSA) is 55.3 Å². The lowest BCUT2D eigenvalue weighted by molar-refractivity contribution is 0.0607. The minimum atomic E-state index is 0.0796. The molecule has 0 bridgehead atoms. The number of nitrogens with zero attached hydrogens (tertiary/aromatic N) is 3. The molecule has 1 amide bonds. The summed E-state index contributed by atoms with van der Waals surface area (Å²) in [5, 5.41) is 0. The van der Waals surface area contributed by atoms with Gasteiger partial charge in [-0.3, -0.25) is 4.79 Å². The fourth-order valence-electron chi connectivity index (χ4n) is 2.99. The fraction of sp³-hybridized carbons (Fsp3) is 0.389. The van der Waals surface area contributed by atoms with Crippen molar-refractivity contribution in [1.82, 2.24) is 14.9 Å². The van der Waals surface area contributed by atoms with Gasteiger partial charge in [0.15, 0.2) is 0 Å². The van der Waals surface area contributed by atoms with Crippen molar-refractivity contribution in [3.05, 3.63) is 48.3 Å². The van der Waals surface area contributed by atoms with Crippen LogP contribution in [0.3, 0.4) is 0 Å². The minimum Gasteiger partial charge on any atom is -0.424 e. The molecule has 3 rings (SSSR count). The summed E-state index contributed by atoms with van der Waals surface area (Å²) in [6.45, 7) is 2.98. The van der Waals surface area contributed by atoms with Gasteiger partial charge in [0.1, 0.15) is 5.75 Å². The highest BCUT2D eigenvalue weighted by Gasteiger charge is 2.26. The monoisotopic (exact) mass is 311 g/mol. The number of carbonyl (C=O) groups excluding carboxylic acids is 1. The van der Waals surface area contributed by atoms with Crippen LogP contribution in [0, 0.1) is 0 Å². The van der Waals surface area contributed by atoms with Crippen LogP contribution in [0.15, 0.2) is 42.7 Å². The van der Waals surface area contributed by atoms with Crippen LogP contribution >= 0.6 is 0 Å². The second-order valence-electron chi connectivity index (χ2n) is 5.72. The van der Waals surface area contributed by atoms with Crippen LogP contribution in [0.5, 0.6) is 11.8 Å². The Morgan fingerprint density at radius 1 is 1.26 bits per heavy atom. The second kappa shape index (κ2) is 7.22. The summed E-state index contributed by atoms with van der Waals surface area (Å²) in [5.41, 5.74) is 0.652. The van der Waals surface area contributed by atoms with Crippen molar-refractivity contribution in [1.29, 1.82) is 0 Å². The van der Waals surface area contributed by atoms with Gasteiger partial charge in [-0.1, -0.05) is 13.0 Å². The van der Waals surface area contributed by atoms with E-state index in [9.17, 15) is 4.79 Å². The third kappa shape index (κ3) is 3.67. The maximum absolute atomic E-state index is 12.8. The number of carbonyl (C=O) groups is 1. The van der Waals surface area contributed by atoms with Gasteiger partial charge in [0, 0.05) is 30.5 Å². The minimum absolute atomic E-state index is 0.0796. The number of benzene rings is 1. The van der Waals surface area contributed by atoms with E-state index in [0.29, 0.717) is 17.4 Å². The van der Waals surface area contributed by atoms with Crippen molar-refractivity contribution in [2.75, 3.05) is 6.54 Å². The van der Waals surface area contributed by atoms with Gasteiger partial charge in [0.05, 0.1) is 0 Å². The van der Waals surface area contributed by atoms with Gasteiger partial charge in [-0.05, 0) is 49.9 Å². The van der Waals surface area contributed by atoms with Crippen molar-refractivity contribution in [3.63, 3.8) is 0 Å². The van der Waals surface area contributed by atoms with E-state index >= 15 is 0 Å². The predicted octanol–water partition coefficient (Wildman–Crippen LogP) is 3.67. The summed E-state index contributed by atoms with van der Waals surface area (Å²) >= 11 is 0. The van der Waals surface area contributed by atoms with Crippen molar-refractivity contribution in [2.24, 2.45) is 0 Å². The summed E-state index contributed by atoms with van der Waals surface area (Å²) in [7, 11) is 0. The molecule has 5 heteroatoms. The van der Waals surface area contributed by atoms with E-state index in [4.69, 9.17) is 4.74 Å². The number of hydrogen-bond donors (Lipinski definition) is 0. The number of piperidine rings is 1. The normalized spacial score (nSPS) is 17.8. The standard InChI is InChI=1S/C18H21N3O2/c1-2-15-8-3-4-12-21(15)17(22)14-7-5-9-16(13-14)23-18-19-10-6-11-20-18/h5-7,9-11,13,15H,2-4,8,12H2,1H3/t15-/m0/s1. The van der Waals surface area contributed by atoms with Crippen molar-refractivity contribution >= 4 is 5.91 Å². The van der Waals surface area contributed by atoms with Crippen LogP contribution in [0.25, 0.3) is 0 Å². The van der Waals surface area contributed by atoms with E-state index in [-0.39, 0.29) is 11.9 Å². The summed E-state index contributed by atoms with van der Waals surface area (Å²) in [4.78, 5) is 22.9. The zero-order chi connectivity index (χ0) is 16.1. The zero-order valence-corrected chi connectivity index (χ0v) is 13.3. The molecule has 0 saturated carbocycles.